The van der Waals surface area contributed by atoms with Crippen molar-refractivity contribution in [3.63, 3.8) is 0 Å². The van der Waals surface area contributed by atoms with E-state index in [9.17, 15) is 4.79 Å². The fourth-order valence-corrected chi connectivity index (χ4v) is 2.38. The summed E-state index contributed by atoms with van der Waals surface area (Å²) in [4.78, 5) is 27.3. The topological polar surface area (TPSA) is 127 Å². The van der Waals surface area contributed by atoms with E-state index in [0.29, 0.717) is 18.4 Å². The number of carboxylic acid groups (broad SMARTS) is 1. The fraction of sp³-hybridized carbons (Fsp3) is 0.357. The van der Waals surface area contributed by atoms with Gasteiger partial charge in [-0.3, -0.25) is 0 Å². The third-order valence-electron chi connectivity index (χ3n) is 3.50. The van der Waals surface area contributed by atoms with Crippen LogP contribution in [0.4, 0.5) is 0 Å². The molecule has 122 valence electrons. The second kappa shape index (κ2) is 7.87. The monoisotopic (exact) mass is 320 g/mol. The van der Waals surface area contributed by atoms with E-state index in [4.69, 9.17) is 20.0 Å². The van der Waals surface area contributed by atoms with E-state index in [-0.39, 0.29) is 5.56 Å². The molecule has 3 heterocycles. The minimum atomic E-state index is -0.975. The normalized spacial score (nSPS) is 15.7. The minimum absolute atomic E-state index is 0.189. The molecule has 9 heteroatoms. The maximum Gasteiger partial charge on any atom is 0.335 e. The first kappa shape index (κ1) is 16.4. The van der Waals surface area contributed by atoms with Gasteiger partial charge in [-0.25, -0.2) is 14.8 Å². The van der Waals surface area contributed by atoms with Gasteiger partial charge < -0.3 is 19.6 Å². The Morgan fingerprint density at radius 1 is 1.43 bits per heavy atom. The first-order valence-corrected chi connectivity index (χ1v) is 6.93. The molecular formula is C14H16N4O5. The molecular weight excluding hydrogens is 304 g/mol. The van der Waals surface area contributed by atoms with E-state index in [2.05, 4.69) is 14.5 Å². The van der Waals surface area contributed by atoms with Gasteiger partial charge in [-0.05, 0) is 12.5 Å². The Hall–Kier alpha value is -2.97. The van der Waals surface area contributed by atoms with Crippen LogP contribution < -0.4 is 4.74 Å². The van der Waals surface area contributed by atoms with E-state index in [0.717, 1.165) is 25.2 Å². The van der Waals surface area contributed by atoms with Crippen LogP contribution in [-0.2, 0) is 13.0 Å². The molecule has 1 aliphatic rings. The first-order valence-electron chi connectivity index (χ1n) is 6.93. The molecule has 0 aliphatic carbocycles. The van der Waals surface area contributed by atoms with Gasteiger partial charge in [0.1, 0.15) is 5.82 Å². The number of imidazole rings is 1. The average molecular weight is 320 g/mol. The van der Waals surface area contributed by atoms with Crippen LogP contribution in [0.2, 0.25) is 0 Å². The molecule has 1 atom stereocenters. The van der Waals surface area contributed by atoms with Crippen molar-refractivity contribution in [2.45, 2.75) is 19.4 Å². The number of nitrogens with zero attached hydrogens (tertiary/aromatic N) is 4. The Kier molecular flexibility index (Phi) is 5.61. The van der Waals surface area contributed by atoms with Gasteiger partial charge in [0.2, 0.25) is 5.88 Å². The lowest BCUT2D eigenvalue weighted by molar-refractivity contribution is 0.0696. The van der Waals surface area contributed by atoms with Gasteiger partial charge in [0.25, 0.3) is 0 Å². The van der Waals surface area contributed by atoms with Gasteiger partial charge >= 0.3 is 5.97 Å². The zero-order valence-corrected chi connectivity index (χ0v) is 12.2. The second-order valence-corrected chi connectivity index (χ2v) is 4.98. The Labute approximate surface area is 131 Å². The predicted octanol–water partition coefficient (Wildman–Crippen LogP) is 1.76. The van der Waals surface area contributed by atoms with Crippen LogP contribution in [0.5, 0.6) is 5.88 Å². The van der Waals surface area contributed by atoms with Crippen molar-refractivity contribution >= 4 is 5.97 Å². The number of fused-ring (bicyclic) bond motifs is 1. The van der Waals surface area contributed by atoms with Gasteiger partial charge in [0.05, 0.1) is 12.2 Å². The molecule has 2 aromatic heterocycles. The van der Waals surface area contributed by atoms with Gasteiger partial charge in [-0.15, -0.1) is 4.91 Å². The molecule has 9 nitrogen and oxygen atoms in total. The van der Waals surface area contributed by atoms with E-state index in [1.54, 1.807) is 0 Å². The lowest BCUT2D eigenvalue weighted by Crippen LogP contribution is -2.24. The average Bonchev–Trinajstić information content (AvgIpc) is 3.01. The van der Waals surface area contributed by atoms with Crippen molar-refractivity contribution in [1.29, 1.82) is 0 Å². The zero-order chi connectivity index (χ0) is 16.7. The van der Waals surface area contributed by atoms with Crippen LogP contribution in [0.1, 0.15) is 22.6 Å². The molecule has 0 amide bonds. The lowest BCUT2D eigenvalue weighted by Gasteiger charge is -2.23. The number of carbonyl (C=O) groups is 1. The second-order valence-electron chi connectivity index (χ2n) is 4.98. The molecule has 1 unspecified atom stereocenters. The summed E-state index contributed by atoms with van der Waals surface area (Å²) in [7, 11) is 0. The molecule has 0 bridgehead atoms. The predicted molar refractivity (Wildman–Crippen MR) is 78.3 cm³/mol. The number of hydrogen-bond donors (Lipinski definition) is 2. The standard InChI is InChI=1S/C14H15N3O3.HNO2/c18-14(19)11-1-3-16-13(8-11)20-9-10-2-5-17-6-4-15-12(17)7-10;2-1-3/h1,3-4,6,8,10H,2,5,7,9H2,(H,18,19);(H,2,3). The highest BCUT2D eigenvalue weighted by molar-refractivity contribution is 5.87. The van der Waals surface area contributed by atoms with Crippen LogP contribution >= 0.6 is 0 Å². The zero-order valence-electron chi connectivity index (χ0n) is 12.2. The highest BCUT2D eigenvalue weighted by Gasteiger charge is 2.20. The summed E-state index contributed by atoms with van der Waals surface area (Å²) in [5.41, 5.74) is 0.189. The highest BCUT2D eigenvalue weighted by Crippen LogP contribution is 2.20. The molecule has 1 aliphatic heterocycles. The Balaban J connectivity index is 0.000000595. The van der Waals surface area contributed by atoms with Crippen molar-refractivity contribution in [2.24, 2.45) is 11.3 Å². The van der Waals surface area contributed by atoms with Crippen LogP contribution in [0.15, 0.2) is 36.1 Å². The summed E-state index contributed by atoms with van der Waals surface area (Å²) in [5, 5.41) is 16.8. The van der Waals surface area contributed by atoms with Crippen molar-refractivity contribution in [3.8, 4) is 5.88 Å². The molecule has 0 saturated heterocycles. The summed E-state index contributed by atoms with van der Waals surface area (Å²) < 4.78 is 7.77. The summed E-state index contributed by atoms with van der Waals surface area (Å²) in [5.74, 6) is 0.855. The maximum absolute atomic E-state index is 10.9. The van der Waals surface area contributed by atoms with E-state index in [1.807, 2.05) is 12.4 Å². The van der Waals surface area contributed by atoms with Crippen molar-refractivity contribution in [1.82, 2.24) is 14.5 Å². The summed E-state index contributed by atoms with van der Waals surface area (Å²) in [6.45, 7) is 1.48. The smallest absolute Gasteiger partial charge is 0.335 e. The number of rotatable bonds is 4. The molecule has 3 rings (SSSR count). The highest BCUT2D eigenvalue weighted by atomic mass is 16.6. The number of aromatic nitrogens is 3. The molecule has 23 heavy (non-hydrogen) atoms. The number of pyridine rings is 1. The van der Waals surface area contributed by atoms with E-state index >= 15 is 0 Å². The first-order chi connectivity index (χ1) is 11.1. The van der Waals surface area contributed by atoms with E-state index in [1.165, 1.54) is 23.7 Å². The van der Waals surface area contributed by atoms with Crippen LogP contribution in [0, 0.1) is 10.8 Å². The summed E-state index contributed by atoms with van der Waals surface area (Å²) >= 11 is 0. The molecule has 0 spiro atoms. The molecule has 0 fully saturated rings. The molecule has 2 aromatic rings. The van der Waals surface area contributed by atoms with Gasteiger partial charge in [0, 0.05) is 43.5 Å². The Bertz CT molecular complexity index is 673. The van der Waals surface area contributed by atoms with Crippen molar-refractivity contribution in [2.75, 3.05) is 6.61 Å². The van der Waals surface area contributed by atoms with Crippen molar-refractivity contribution in [3.05, 3.63) is 47.0 Å². The van der Waals surface area contributed by atoms with Gasteiger partial charge in [0.15, 0.2) is 5.34 Å². The van der Waals surface area contributed by atoms with Gasteiger partial charge in [-0.2, -0.15) is 0 Å². The van der Waals surface area contributed by atoms with Crippen LogP contribution in [0.3, 0.4) is 0 Å². The quantitative estimate of drug-likeness (QED) is 0.649. The summed E-state index contributed by atoms with van der Waals surface area (Å²) in [6.07, 6.45) is 7.17. The summed E-state index contributed by atoms with van der Waals surface area (Å²) in [6, 6.07) is 2.90. The van der Waals surface area contributed by atoms with Gasteiger partial charge in [-0.1, -0.05) is 0 Å². The maximum atomic E-state index is 10.9. The fourth-order valence-electron chi connectivity index (χ4n) is 2.38. The third kappa shape index (κ3) is 4.50. The molecule has 0 saturated carbocycles. The van der Waals surface area contributed by atoms with E-state index < -0.39 is 5.97 Å². The lowest BCUT2D eigenvalue weighted by atomic mass is 9.99. The molecule has 2 N–H and O–H groups in total. The third-order valence-corrected chi connectivity index (χ3v) is 3.50. The molecule has 0 radical (unpaired) electrons. The SMILES string of the molecule is O=C(O)c1ccnc(OCC2CCn3ccnc3C2)c1.O=NO. The largest absolute Gasteiger partial charge is 0.478 e. The minimum Gasteiger partial charge on any atom is -0.478 e. The number of ether oxygens (including phenoxy) is 1. The molecule has 0 aromatic carbocycles. The number of aromatic carboxylic acids is 1. The Morgan fingerprint density at radius 2 is 2.22 bits per heavy atom. The van der Waals surface area contributed by atoms with Crippen LogP contribution in [0.25, 0.3) is 0 Å². The Morgan fingerprint density at radius 3 is 2.96 bits per heavy atom. The number of carboxylic acids is 1. The number of hydrogen-bond acceptors (Lipinski definition) is 6. The van der Waals surface area contributed by atoms with Crippen molar-refractivity contribution < 1.29 is 19.8 Å². The van der Waals surface area contributed by atoms with Crippen LogP contribution in [-0.4, -0.2) is 37.4 Å². The number of aryl methyl sites for hydroxylation is 1.